The Labute approximate surface area is 106 Å². The third-order valence-corrected chi connectivity index (χ3v) is 2.99. The molecule has 1 aromatic rings. The van der Waals surface area contributed by atoms with Crippen molar-refractivity contribution >= 4 is 33.6 Å². The van der Waals surface area contributed by atoms with E-state index in [1.54, 1.807) is 6.07 Å². The number of hydrogen-bond acceptors (Lipinski definition) is 5. The number of carbonyl (C=O) groups excluding carboxylic acids is 2. The zero-order chi connectivity index (χ0) is 12.4. The highest BCUT2D eigenvalue weighted by Gasteiger charge is 2.36. The van der Waals surface area contributed by atoms with E-state index in [1.165, 1.54) is 18.3 Å². The summed E-state index contributed by atoms with van der Waals surface area (Å²) in [7, 11) is 1.32. The summed E-state index contributed by atoms with van der Waals surface area (Å²) in [6.07, 6.45) is 1.52. The van der Waals surface area contributed by atoms with Crippen LogP contribution in [0, 0.1) is 5.92 Å². The minimum absolute atomic E-state index is 0.133. The lowest BCUT2D eigenvalue weighted by Crippen LogP contribution is -2.27. The zero-order valence-corrected chi connectivity index (χ0v) is 10.7. The van der Waals surface area contributed by atoms with E-state index in [0.29, 0.717) is 17.0 Å². The molecule has 1 amide bonds. The Bertz CT molecular complexity index is 466. The zero-order valence-electron chi connectivity index (χ0n) is 9.09. The molecule has 17 heavy (non-hydrogen) atoms. The molecule has 0 spiro atoms. The fraction of sp³-hybridized carbons (Fsp3) is 0.400. The van der Waals surface area contributed by atoms with Crippen molar-refractivity contribution in [1.29, 1.82) is 0 Å². The van der Waals surface area contributed by atoms with Crippen LogP contribution in [0.25, 0.3) is 0 Å². The second-order valence-electron chi connectivity index (χ2n) is 3.63. The van der Waals surface area contributed by atoms with Crippen LogP contribution < -0.4 is 4.90 Å². The van der Waals surface area contributed by atoms with Gasteiger partial charge in [-0.1, -0.05) is 0 Å². The van der Waals surface area contributed by atoms with Crippen LogP contribution in [-0.2, 0) is 14.3 Å². The lowest BCUT2D eigenvalue weighted by Gasteiger charge is -2.14. The second kappa shape index (κ2) is 4.79. The minimum atomic E-state index is -0.416. The van der Waals surface area contributed by atoms with Gasteiger partial charge in [-0.2, -0.15) is 0 Å². The molecule has 1 atom stereocenters. The molecular weight excluding hydrogens is 290 g/mol. The van der Waals surface area contributed by atoms with Crippen LogP contribution in [0.15, 0.2) is 17.0 Å². The first-order chi connectivity index (χ1) is 8.11. The molecule has 6 nitrogen and oxygen atoms in total. The second-order valence-corrected chi connectivity index (χ2v) is 4.44. The average Bonchev–Trinajstić information content (AvgIpc) is 2.70. The van der Waals surface area contributed by atoms with Gasteiger partial charge < -0.3 is 4.74 Å². The summed E-state index contributed by atoms with van der Waals surface area (Å²) in [4.78, 5) is 32.5. The number of methoxy groups -OCH3 is 1. The number of anilines is 1. The minimum Gasteiger partial charge on any atom is -0.469 e. The monoisotopic (exact) mass is 299 g/mol. The average molecular weight is 300 g/mol. The Morgan fingerprint density at radius 2 is 2.35 bits per heavy atom. The first-order valence-corrected chi connectivity index (χ1v) is 5.77. The Kier molecular flexibility index (Phi) is 3.37. The Hall–Kier alpha value is -1.50. The Balaban J connectivity index is 2.18. The van der Waals surface area contributed by atoms with Gasteiger partial charge in [0.05, 0.1) is 13.0 Å². The predicted molar refractivity (Wildman–Crippen MR) is 62.2 cm³/mol. The molecule has 7 heteroatoms. The number of esters is 1. The van der Waals surface area contributed by atoms with Crippen molar-refractivity contribution in [2.75, 3.05) is 18.6 Å². The largest absolute Gasteiger partial charge is 0.469 e. The number of ether oxygens (including phenoxy) is 1. The van der Waals surface area contributed by atoms with Crippen LogP contribution in [0.3, 0.4) is 0 Å². The van der Waals surface area contributed by atoms with Gasteiger partial charge in [0, 0.05) is 19.0 Å². The van der Waals surface area contributed by atoms with Crippen LogP contribution in [0.5, 0.6) is 0 Å². The van der Waals surface area contributed by atoms with Crippen molar-refractivity contribution in [3.8, 4) is 0 Å². The first-order valence-electron chi connectivity index (χ1n) is 4.97. The van der Waals surface area contributed by atoms with Gasteiger partial charge >= 0.3 is 5.97 Å². The smallest absolute Gasteiger partial charge is 0.311 e. The van der Waals surface area contributed by atoms with Gasteiger partial charge in [-0.15, -0.1) is 0 Å². The van der Waals surface area contributed by atoms with E-state index < -0.39 is 5.92 Å². The van der Waals surface area contributed by atoms with E-state index in [1.807, 2.05) is 0 Å². The highest BCUT2D eigenvalue weighted by atomic mass is 79.9. The molecule has 0 radical (unpaired) electrons. The van der Waals surface area contributed by atoms with Crippen LogP contribution in [0.4, 0.5) is 5.82 Å². The molecule has 0 N–H and O–H groups in total. The molecule has 1 unspecified atom stereocenters. The maximum absolute atomic E-state index is 11.8. The number of hydrogen-bond donors (Lipinski definition) is 0. The molecule has 0 bridgehead atoms. The van der Waals surface area contributed by atoms with Gasteiger partial charge in [-0.25, -0.2) is 9.97 Å². The lowest BCUT2D eigenvalue weighted by atomic mass is 10.1. The topological polar surface area (TPSA) is 72.4 Å². The van der Waals surface area contributed by atoms with Gasteiger partial charge in [-0.05, 0) is 15.9 Å². The van der Waals surface area contributed by atoms with Crippen LogP contribution in [0.2, 0.25) is 0 Å². The number of carbonyl (C=O) groups is 2. The molecule has 0 saturated carbocycles. The van der Waals surface area contributed by atoms with Crippen LogP contribution in [0.1, 0.15) is 6.42 Å². The highest BCUT2D eigenvalue weighted by molar-refractivity contribution is 9.10. The number of amides is 1. The summed E-state index contributed by atoms with van der Waals surface area (Å²) < 4.78 is 5.22. The number of aromatic nitrogens is 2. The molecule has 0 aromatic carbocycles. The fourth-order valence-electron chi connectivity index (χ4n) is 1.73. The van der Waals surface area contributed by atoms with Crippen molar-refractivity contribution in [2.45, 2.75) is 6.42 Å². The third kappa shape index (κ3) is 2.44. The third-order valence-electron chi connectivity index (χ3n) is 2.56. The van der Waals surface area contributed by atoms with E-state index >= 15 is 0 Å². The van der Waals surface area contributed by atoms with Gasteiger partial charge in [0.25, 0.3) is 0 Å². The van der Waals surface area contributed by atoms with E-state index in [9.17, 15) is 9.59 Å². The van der Waals surface area contributed by atoms with Crippen molar-refractivity contribution in [2.24, 2.45) is 5.92 Å². The highest BCUT2D eigenvalue weighted by Crippen LogP contribution is 2.25. The molecule has 1 aliphatic heterocycles. The molecule has 1 aromatic heterocycles. The molecule has 1 saturated heterocycles. The number of rotatable bonds is 2. The van der Waals surface area contributed by atoms with Gasteiger partial charge in [0.15, 0.2) is 0 Å². The lowest BCUT2D eigenvalue weighted by molar-refractivity contribution is -0.145. The number of nitrogens with zero attached hydrogens (tertiary/aromatic N) is 3. The van der Waals surface area contributed by atoms with E-state index in [4.69, 9.17) is 0 Å². The molecule has 1 aliphatic rings. The summed E-state index contributed by atoms with van der Waals surface area (Å²) in [5.41, 5.74) is 0. The molecule has 1 fully saturated rings. The summed E-state index contributed by atoms with van der Waals surface area (Å²) in [6, 6.07) is 1.64. The van der Waals surface area contributed by atoms with E-state index in [0.717, 1.165) is 0 Å². The Morgan fingerprint density at radius 1 is 1.59 bits per heavy atom. The summed E-state index contributed by atoms with van der Waals surface area (Å²) in [5, 5.41) is 0. The molecular formula is C10H10BrN3O3. The van der Waals surface area contributed by atoms with Crippen molar-refractivity contribution in [1.82, 2.24) is 9.97 Å². The standard InChI is InChI=1S/C10H10BrN3O3/c1-17-10(16)6-2-9(15)14(4-6)8-3-7(11)12-5-13-8/h3,5-6H,2,4H2,1H3. The normalized spacial score (nSPS) is 19.5. The van der Waals surface area contributed by atoms with Gasteiger partial charge in [-0.3, -0.25) is 14.5 Å². The quantitative estimate of drug-likeness (QED) is 0.596. The van der Waals surface area contributed by atoms with Crippen LogP contribution in [-0.4, -0.2) is 35.5 Å². The van der Waals surface area contributed by atoms with E-state index in [2.05, 4.69) is 30.6 Å². The summed E-state index contributed by atoms with van der Waals surface area (Å²) in [6.45, 7) is 0.301. The molecule has 90 valence electrons. The van der Waals surface area contributed by atoms with Crippen molar-refractivity contribution < 1.29 is 14.3 Å². The SMILES string of the molecule is COC(=O)C1CC(=O)N(c2cc(Br)ncn2)C1. The summed E-state index contributed by atoms with van der Waals surface area (Å²) in [5.74, 6) is -0.426. The van der Waals surface area contributed by atoms with Gasteiger partial charge in [0.2, 0.25) is 5.91 Å². The molecule has 2 heterocycles. The predicted octanol–water partition coefficient (Wildman–Crippen LogP) is 0.765. The molecule has 2 rings (SSSR count). The summed E-state index contributed by atoms with van der Waals surface area (Å²) >= 11 is 3.21. The van der Waals surface area contributed by atoms with Crippen molar-refractivity contribution in [3.63, 3.8) is 0 Å². The van der Waals surface area contributed by atoms with Crippen molar-refractivity contribution in [3.05, 3.63) is 17.0 Å². The first kappa shape index (κ1) is 12.0. The van der Waals surface area contributed by atoms with E-state index in [-0.39, 0.29) is 18.3 Å². The molecule has 0 aliphatic carbocycles. The van der Waals surface area contributed by atoms with Crippen LogP contribution >= 0.6 is 15.9 Å². The van der Waals surface area contributed by atoms with Gasteiger partial charge in [0.1, 0.15) is 16.7 Å². The number of halogens is 1. The maximum atomic E-state index is 11.8. The fourth-order valence-corrected chi connectivity index (χ4v) is 2.02. The maximum Gasteiger partial charge on any atom is 0.311 e. The Morgan fingerprint density at radius 3 is 3.00 bits per heavy atom.